The van der Waals surface area contributed by atoms with Gasteiger partial charge < -0.3 is 4.74 Å². The number of anilines is 1. The highest BCUT2D eigenvalue weighted by Gasteiger charge is 2.24. The zero-order chi connectivity index (χ0) is 20.2. The summed E-state index contributed by atoms with van der Waals surface area (Å²) in [5, 5.41) is 4.87. The molecule has 0 spiro atoms. The number of amides is 1. The number of ether oxygens (including phenoxy) is 1. The van der Waals surface area contributed by atoms with Crippen molar-refractivity contribution in [3.63, 3.8) is 0 Å². The molecule has 0 aliphatic heterocycles. The molecule has 29 heavy (non-hydrogen) atoms. The van der Waals surface area contributed by atoms with Gasteiger partial charge in [0.2, 0.25) is 0 Å². The summed E-state index contributed by atoms with van der Waals surface area (Å²) in [7, 11) is 0. The SMILES string of the molecule is CCOc1ccc2nc(N(Cc3cccnc3)C(=O)c3ccnn3CC)sc2c1. The van der Waals surface area contributed by atoms with E-state index in [1.807, 2.05) is 44.2 Å². The van der Waals surface area contributed by atoms with Crippen molar-refractivity contribution in [2.45, 2.75) is 26.9 Å². The summed E-state index contributed by atoms with van der Waals surface area (Å²) in [6.45, 7) is 5.51. The Balaban J connectivity index is 1.75. The van der Waals surface area contributed by atoms with Gasteiger partial charge in [-0.3, -0.25) is 19.4 Å². The Morgan fingerprint density at radius 2 is 2.10 bits per heavy atom. The second-order valence-electron chi connectivity index (χ2n) is 6.34. The lowest BCUT2D eigenvalue weighted by Crippen LogP contribution is -2.32. The zero-order valence-corrected chi connectivity index (χ0v) is 17.1. The molecule has 0 atom stereocenters. The van der Waals surface area contributed by atoms with Gasteiger partial charge in [0.1, 0.15) is 11.4 Å². The van der Waals surface area contributed by atoms with Gasteiger partial charge in [0.05, 0.1) is 23.4 Å². The number of aryl methyl sites for hydroxylation is 1. The van der Waals surface area contributed by atoms with E-state index in [-0.39, 0.29) is 5.91 Å². The Hall–Kier alpha value is -3.26. The van der Waals surface area contributed by atoms with Crippen molar-refractivity contribution in [3.8, 4) is 5.75 Å². The molecular formula is C21H21N5O2S. The first-order chi connectivity index (χ1) is 14.2. The predicted octanol–water partition coefficient (Wildman–Crippen LogP) is 4.15. The lowest BCUT2D eigenvalue weighted by molar-refractivity contribution is 0.0975. The van der Waals surface area contributed by atoms with Crippen LogP contribution in [0.2, 0.25) is 0 Å². The second-order valence-corrected chi connectivity index (χ2v) is 7.35. The van der Waals surface area contributed by atoms with Gasteiger partial charge in [0.25, 0.3) is 5.91 Å². The molecule has 3 aromatic heterocycles. The highest BCUT2D eigenvalue weighted by molar-refractivity contribution is 7.22. The number of aromatic nitrogens is 4. The number of nitrogens with zero attached hydrogens (tertiary/aromatic N) is 5. The van der Waals surface area contributed by atoms with Crippen LogP contribution in [0, 0.1) is 0 Å². The van der Waals surface area contributed by atoms with Gasteiger partial charge in [-0.2, -0.15) is 5.10 Å². The van der Waals surface area contributed by atoms with Crippen molar-refractivity contribution in [3.05, 3.63) is 66.2 Å². The van der Waals surface area contributed by atoms with Crippen LogP contribution < -0.4 is 9.64 Å². The molecule has 0 N–H and O–H groups in total. The molecule has 0 fully saturated rings. The normalized spacial score (nSPS) is 11.0. The number of hydrogen-bond acceptors (Lipinski definition) is 6. The average molecular weight is 407 g/mol. The summed E-state index contributed by atoms with van der Waals surface area (Å²) in [6, 6.07) is 11.3. The Kier molecular flexibility index (Phi) is 5.53. The maximum atomic E-state index is 13.4. The number of pyridine rings is 1. The first-order valence-electron chi connectivity index (χ1n) is 9.45. The van der Waals surface area contributed by atoms with E-state index in [4.69, 9.17) is 9.72 Å². The standard InChI is InChI=1S/C21H21N5O2S/c1-3-26-18(9-11-23-26)20(27)25(14-15-6-5-10-22-13-15)21-24-17-8-7-16(28-4-2)12-19(17)29-21/h5-13H,3-4,14H2,1-2H3. The minimum absolute atomic E-state index is 0.141. The van der Waals surface area contributed by atoms with E-state index in [1.165, 1.54) is 11.3 Å². The molecule has 148 valence electrons. The summed E-state index contributed by atoms with van der Waals surface area (Å²) in [5.74, 6) is 0.654. The maximum Gasteiger partial charge on any atom is 0.278 e. The number of carbonyl (C=O) groups is 1. The Labute approximate surface area is 172 Å². The molecule has 0 saturated carbocycles. The number of fused-ring (bicyclic) bond motifs is 1. The van der Waals surface area contributed by atoms with E-state index in [1.54, 1.807) is 34.2 Å². The first-order valence-corrected chi connectivity index (χ1v) is 10.3. The highest BCUT2D eigenvalue weighted by Crippen LogP contribution is 2.33. The van der Waals surface area contributed by atoms with Crippen LogP contribution in [0.3, 0.4) is 0 Å². The molecule has 3 heterocycles. The minimum atomic E-state index is -0.141. The van der Waals surface area contributed by atoms with Gasteiger partial charge in [-0.1, -0.05) is 17.4 Å². The van der Waals surface area contributed by atoms with Crippen LogP contribution in [-0.4, -0.2) is 32.3 Å². The third-order valence-electron chi connectivity index (χ3n) is 4.43. The maximum absolute atomic E-state index is 13.4. The van der Waals surface area contributed by atoms with E-state index in [9.17, 15) is 4.79 Å². The lowest BCUT2D eigenvalue weighted by atomic mass is 10.2. The molecule has 7 nitrogen and oxygen atoms in total. The fraction of sp³-hybridized carbons (Fsp3) is 0.238. The van der Waals surface area contributed by atoms with Crippen molar-refractivity contribution in [1.29, 1.82) is 0 Å². The summed E-state index contributed by atoms with van der Waals surface area (Å²) in [6.07, 6.45) is 5.12. The van der Waals surface area contributed by atoms with E-state index in [2.05, 4.69) is 10.1 Å². The number of carbonyl (C=O) groups excluding carboxylic acids is 1. The molecule has 0 aliphatic rings. The van der Waals surface area contributed by atoms with Gasteiger partial charge in [-0.25, -0.2) is 4.98 Å². The molecule has 0 bridgehead atoms. The fourth-order valence-corrected chi connectivity index (χ4v) is 4.06. The Morgan fingerprint density at radius 3 is 2.86 bits per heavy atom. The van der Waals surface area contributed by atoms with Crippen molar-refractivity contribution < 1.29 is 9.53 Å². The summed E-state index contributed by atoms with van der Waals surface area (Å²) in [4.78, 5) is 24.0. The van der Waals surface area contributed by atoms with Crippen molar-refractivity contribution in [2.75, 3.05) is 11.5 Å². The van der Waals surface area contributed by atoms with E-state index < -0.39 is 0 Å². The van der Waals surface area contributed by atoms with E-state index >= 15 is 0 Å². The smallest absolute Gasteiger partial charge is 0.278 e. The third-order valence-corrected chi connectivity index (χ3v) is 5.48. The quantitative estimate of drug-likeness (QED) is 0.460. The van der Waals surface area contributed by atoms with Crippen LogP contribution in [0.4, 0.5) is 5.13 Å². The van der Waals surface area contributed by atoms with Crippen LogP contribution >= 0.6 is 11.3 Å². The molecular weight excluding hydrogens is 386 g/mol. The molecule has 1 amide bonds. The van der Waals surface area contributed by atoms with Gasteiger partial charge in [-0.05, 0) is 49.7 Å². The van der Waals surface area contributed by atoms with Crippen LogP contribution in [-0.2, 0) is 13.1 Å². The van der Waals surface area contributed by atoms with Crippen molar-refractivity contribution >= 4 is 32.6 Å². The largest absolute Gasteiger partial charge is 0.494 e. The number of benzene rings is 1. The molecule has 8 heteroatoms. The fourth-order valence-electron chi connectivity index (χ4n) is 3.07. The van der Waals surface area contributed by atoms with Crippen LogP contribution in [0.5, 0.6) is 5.75 Å². The van der Waals surface area contributed by atoms with Gasteiger partial charge >= 0.3 is 0 Å². The zero-order valence-electron chi connectivity index (χ0n) is 16.3. The summed E-state index contributed by atoms with van der Waals surface area (Å²) in [5.41, 5.74) is 2.30. The van der Waals surface area contributed by atoms with Crippen LogP contribution in [0.25, 0.3) is 10.2 Å². The average Bonchev–Trinajstić information content (AvgIpc) is 3.39. The van der Waals surface area contributed by atoms with Crippen molar-refractivity contribution in [1.82, 2.24) is 19.7 Å². The topological polar surface area (TPSA) is 73.1 Å². The molecule has 0 radical (unpaired) electrons. The molecule has 0 saturated heterocycles. The van der Waals surface area contributed by atoms with Crippen LogP contribution in [0.1, 0.15) is 29.9 Å². The predicted molar refractivity (Wildman–Crippen MR) is 113 cm³/mol. The lowest BCUT2D eigenvalue weighted by Gasteiger charge is -2.20. The van der Waals surface area contributed by atoms with E-state index in [0.717, 1.165) is 21.5 Å². The Bertz CT molecular complexity index is 1120. The summed E-state index contributed by atoms with van der Waals surface area (Å²) >= 11 is 1.47. The van der Waals surface area contributed by atoms with E-state index in [0.29, 0.717) is 30.5 Å². The van der Waals surface area contributed by atoms with Crippen molar-refractivity contribution in [2.24, 2.45) is 0 Å². The molecule has 0 unspecified atom stereocenters. The number of hydrogen-bond donors (Lipinski definition) is 0. The summed E-state index contributed by atoms with van der Waals surface area (Å²) < 4.78 is 8.26. The number of rotatable bonds is 7. The number of thiazole rings is 1. The van der Waals surface area contributed by atoms with Gasteiger partial charge in [0, 0.05) is 25.1 Å². The molecule has 0 aliphatic carbocycles. The molecule has 4 rings (SSSR count). The Morgan fingerprint density at radius 1 is 1.21 bits per heavy atom. The van der Waals surface area contributed by atoms with Gasteiger partial charge in [-0.15, -0.1) is 0 Å². The second kappa shape index (κ2) is 8.40. The molecule has 4 aromatic rings. The third kappa shape index (κ3) is 3.97. The monoisotopic (exact) mass is 407 g/mol. The highest BCUT2D eigenvalue weighted by atomic mass is 32.1. The van der Waals surface area contributed by atoms with Gasteiger partial charge in [0.15, 0.2) is 5.13 Å². The minimum Gasteiger partial charge on any atom is -0.494 e. The molecule has 1 aromatic carbocycles. The van der Waals surface area contributed by atoms with Crippen LogP contribution in [0.15, 0.2) is 55.0 Å². The first kappa shape index (κ1) is 19.1.